The molecule has 0 radical (unpaired) electrons. The predicted molar refractivity (Wildman–Crippen MR) is 108 cm³/mol. The van der Waals surface area contributed by atoms with Crippen molar-refractivity contribution < 1.29 is 32.0 Å². The first kappa shape index (κ1) is 26.9. The van der Waals surface area contributed by atoms with Crippen LogP contribution in [-0.2, 0) is 29.2 Å². The Morgan fingerprint density at radius 2 is 1.32 bits per heavy atom. The highest BCUT2D eigenvalue weighted by Gasteiger charge is 2.36. The number of ether oxygens (including phenoxy) is 2. The Hall–Kier alpha value is -1.15. The summed E-state index contributed by atoms with van der Waals surface area (Å²) < 4.78 is 42.8. The highest BCUT2D eigenvalue weighted by Crippen LogP contribution is 2.17. The number of rotatable bonds is 16. The van der Waals surface area contributed by atoms with Crippen LogP contribution < -0.4 is 0 Å². The van der Waals surface area contributed by atoms with Crippen LogP contribution in [0, 0.1) is 11.8 Å². The number of esters is 2. The Kier molecular flexibility index (Phi) is 14.2. The molecule has 1 N–H and O–H groups in total. The minimum absolute atomic E-state index is 0.0747. The van der Waals surface area contributed by atoms with E-state index in [0.717, 1.165) is 51.4 Å². The van der Waals surface area contributed by atoms with Crippen LogP contribution >= 0.6 is 0 Å². The summed E-state index contributed by atoms with van der Waals surface area (Å²) in [4.78, 5) is 24.2. The number of hydrogen-bond acceptors (Lipinski definition) is 6. The maximum atomic E-state index is 12.2. The Morgan fingerprint density at radius 3 is 1.71 bits per heavy atom. The molecule has 0 aliphatic rings. The maximum absolute atomic E-state index is 12.2. The number of carbonyl (C=O) groups is 2. The molecule has 0 rings (SSSR count). The summed E-state index contributed by atoms with van der Waals surface area (Å²) in [5, 5.41) is -1.95. The van der Waals surface area contributed by atoms with Crippen molar-refractivity contribution in [2.24, 2.45) is 11.8 Å². The van der Waals surface area contributed by atoms with Crippen molar-refractivity contribution in [2.45, 2.75) is 90.7 Å². The van der Waals surface area contributed by atoms with Crippen molar-refractivity contribution in [3.8, 4) is 0 Å². The Bertz CT molecular complexity index is 545. The molecule has 0 saturated carbocycles. The van der Waals surface area contributed by atoms with Gasteiger partial charge in [-0.15, -0.1) is 0 Å². The van der Waals surface area contributed by atoms with E-state index in [1.54, 1.807) is 0 Å². The second-order valence-corrected chi connectivity index (χ2v) is 8.95. The monoisotopic (exact) mass is 422 g/mol. The standard InChI is InChI=1S/C20H38O7S/c1-5-9-11-16(7-3)14-26-19(21)13-18(28(23,24)25)20(22)27-15-17(8-4)12-10-6-2/h16-18H,5-15H2,1-4H3,(H,23,24,25)/t16-,17-,18?/m1/s1. The van der Waals surface area contributed by atoms with Crippen molar-refractivity contribution in [3.63, 3.8) is 0 Å². The van der Waals surface area contributed by atoms with Crippen molar-refractivity contribution >= 4 is 22.1 Å². The van der Waals surface area contributed by atoms with Crippen LogP contribution in [0.3, 0.4) is 0 Å². The van der Waals surface area contributed by atoms with E-state index < -0.39 is 33.7 Å². The fraction of sp³-hybridized carbons (Fsp3) is 0.900. The molecule has 166 valence electrons. The molecule has 8 heteroatoms. The third-order valence-electron chi connectivity index (χ3n) is 5.00. The van der Waals surface area contributed by atoms with Crippen LogP contribution in [0.15, 0.2) is 0 Å². The normalized spacial score (nSPS) is 14.9. The summed E-state index contributed by atoms with van der Waals surface area (Å²) >= 11 is 0. The molecule has 0 amide bonds. The molecule has 0 aromatic rings. The van der Waals surface area contributed by atoms with Crippen molar-refractivity contribution in [2.75, 3.05) is 13.2 Å². The molecule has 0 aliphatic heterocycles. The molecular formula is C20H38O7S. The molecule has 28 heavy (non-hydrogen) atoms. The first-order chi connectivity index (χ1) is 13.2. The average molecular weight is 423 g/mol. The highest BCUT2D eigenvalue weighted by molar-refractivity contribution is 7.87. The lowest BCUT2D eigenvalue weighted by molar-refractivity contribution is -0.151. The van der Waals surface area contributed by atoms with E-state index in [9.17, 15) is 22.6 Å². The molecule has 0 fully saturated rings. The molecule has 0 aliphatic carbocycles. The van der Waals surface area contributed by atoms with Gasteiger partial charge in [0.25, 0.3) is 10.1 Å². The zero-order chi connectivity index (χ0) is 21.6. The van der Waals surface area contributed by atoms with Gasteiger partial charge >= 0.3 is 11.9 Å². The van der Waals surface area contributed by atoms with E-state index in [1.165, 1.54) is 0 Å². The largest absolute Gasteiger partial charge is 0.465 e. The van der Waals surface area contributed by atoms with Crippen molar-refractivity contribution in [1.82, 2.24) is 0 Å². The van der Waals surface area contributed by atoms with Gasteiger partial charge in [-0.2, -0.15) is 8.42 Å². The summed E-state index contributed by atoms with van der Waals surface area (Å²) in [7, 11) is -4.76. The van der Waals surface area contributed by atoms with E-state index in [0.29, 0.717) is 0 Å². The fourth-order valence-corrected chi connectivity index (χ4v) is 3.48. The van der Waals surface area contributed by atoms with Gasteiger partial charge in [0.1, 0.15) is 0 Å². The lowest BCUT2D eigenvalue weighted by Gasteiger charge is -2.18. The van der Waals surface area contributed by atoms with Gasteiger partial charge in [0.2, 0.25) is 0 Å². The molecule has 0 saturated heterocycles. The Balaban J connectivity index is 4.73. The molecule has 0 aromatic heterocycles. The molecule has 3 atom stereocenters. The van der Waals surface area contributed by atoms with Crippen LogP contribution in [0.25, 0.3) is 0 Å². The van der Waals surface area contributed by atoms with Gasteiger partial charge in [-0.25, -0.2) is 0 Å². The van der Waals surface area contributed by atoms with Gasteiger partial charge in [-0.05, 0) is 24.7 Å². The first-order valence-electron chi connectivity index (χ1n) is 10.5. The summed E-state index contributed by atoms with van der Waals surface area (Å²) in [5.41, 5.74) is 0. The van der Waals surface area contributed by atoms with Crippen LogP contribution in [0.1, 0.15) is 85.5 Å². The van der Waals surface area contributed by atoms with Crippen LogP contribution in [-0.4, -0.2) is 43.4 Å². The molecule has 0 heterocycles. The molecule has 7 nitrogen and oxygen atoms in total. The van der Waals surface area contributed by atoms with Gasteiger partial charge in [-0.1, -0.05) is 66.2 Å². The maximum Gasteiger partial charge on any atom is 0.327 e. The SMILES string of the molecule is CCCC[C@@H](CC)COC(=O)CC(C(=O)OC[C@H](CC)CCCC)S(=O)(=O)O. The minimum atomic E-state index is -4.76. The van der Waals surface area contributed by atoms with E-state index in [4.69, 9.17) is 9.47 Å². The third kappa shape index (κ3) is 11.6. The topological polar surface area (TPSA) is 107 Å². The van der Waals surface area contributed by atoms with Crippen molar-refractivity contribution in [3.05, 3.63) is 0 Å². The van der Waals surface area contributed by atoms with E-state index in [-0.39, 0.29) is 25.0 Å². The van der Waals surface area contributed by atoms with Gasteiger partial charge < -0.3 is 9.47 Å². The second kappa shape index (κ2) is 14.8. The van der Waals surface area contributed by atoms with E-state index >= 15 is 0 Å². The zero-order valence-electron chi connectivity index (χ0n) is 17.8. The fourth-order valence-electron chi connectivity index (χ4n) is 2.82. The molecule has 0 bridgehead atoms. The van der Waals surface area contributed by atoms with Gasteiger partial charge in [0.15, 0.2) is 5.25 Å². The molecular weight excluding hydrogens is 384 g/mol. The number of hydrogen-bond donors (Lipinski definition) is 1. The lowest BCUT2D eigenvalue weighted by atomic mass is 10.0. The predicted octanol–water partition coefficient (Wildman–Crippen LogP) is 4.15. The molecule has 0 aromatic carbocycles. The third-order valence-corrected chi connectivity index (χ3v) is 6.08. The lowest BCUT2D eigenvalue weighted by Crippen LogP contribution is -2.35. The second-order valence-electron chi connectivity index (χ2n) is 7.35. The zero-order valence-corrected chi connectivity index (χ0v) is 18.6. The summed E-state index contributed by atoms with van der Waals surface area (Å²) in [5.74, 6) is -1.61. The van der Waals surface area contributed by atoms with Gasteiger partial charge in [0.05, 0.1) is 19.6 Å². The highest BCUT2D eigenvalue weighted by atomic mass is 32.2. The van der Waals surface area contributed by atoms with Crippen LogP contribution in [0.4, 0.5) is 0 Å². The van der Waals surface area contributed by atoms with Gasteiger partial charge in [0, 0.05) is 0 Å². The van der Waals surface area contributed by atoms with Gasteiger partial charge in [-0.3, -0.25) is 14.1 Å². The molecule has 0 spiro atoms. The molecule has 1 unspecified atom stereocenters. The average Bonchev–Trinajstić information content (AvgIpc) is 2.65. The Labute approximate surface area is 170 Å². The summed E-state index contributed by atoms with van der Waals surface area (Å²) in [6, 6.07) is 0. The van der Waals surface area contributed by atoms with Crippen molar-refractivity contribution in [1.29, 1.82) is 0 Å². The van der Waals surface area contributed by atoms with Crippen LogP contribution in [0.5, 0.6) is 0 Å². The Morgan fingerprint density at radius 1 is 0.857 bits per heavy atom. The quantitative estimate of drug-likeness (QED) is 0.294. The first-order valence-corrected chi connectivity index (χ1v) is 12.0. The minimum Gasteiger partial charge on any atom is -0.465 e. The number of carbonyl (C=O) groups excluding carboxylic acids is 2. The smallest absolute Gasteiger partial charge is 0.327 e. The summed E-state index contributed by atoms with van der Waals surface area (Å²) in [6.07, 6.45) is 6.74. The van der Waals surface area contributed by atoms with Crippen LogP contribution in [0.2, 0.25) is 0 Å². The van der Waals surface area contributed by atoms with E-state index in [1.807, 2.05) is 13.8 Å². The van der Waals surface area contributed by atoms with E-state index in [2.05, 4.69) is 13.8 Å². The summed E-state index contributed by atoms with van der Waals surface area (Å²) in [6.45, 7) is 8.35. The number of unbranched alkanes of at least 4 members (excludes halogenated alkanes) is 2.